The van der Waals surface area contributed by atoms with Gasteiger partial charge in [-0.3, -0.25) is 5.32 Å². The minimum Gasteiger partial charge on any atom is -0.361 e. The molecule has 3 heterocycles. The van der Waals surface area contributed by atoms with E-state index in [9.17, 15) is 0 Å². The predicted molar refractivity (Wildman–Crippen MR) is 121 cm³/mol. The molecule has 0 bridgehead atoms. The maximum Gasteiger partial charge on any atom is 0.131 e. The van der Waals surface area contributed by atoms with E-state index >= 15 is 0 Å². The summed E-state index contributed by atoms with van der Waals surface area (Å²) in [6, 6.07) is 6.06. The molecule has 1 atom stereocenters. The molecular formula is C21H30ClN5S. The molecule has 2 aliphatic heterocycles. The molecule has 4 rings (SSSR count). The van der Waals surface area contributed by atoms with Crippen LogP contribution in [0.1, 0.15) is 18.4 Å². The van der Waals surface area contributed by atoms with Crippen molar-refractivity contribution in [3.8, 4) is 0 Å². The third-order valence-corrected chi connectivity index (χ3v) is 6.74. The minimum absolute atomic E-state index is 0.375. The van der Waals surface area contributed by atoms with Crippen LogP contribution in [-0.4, -0.2) is 66.1 Å². The number of aromatic nitrogens is 1. The highest BCUT2D eigenvalue weighted by molar-refractivity contribution is 8.02. The number of thioether (sulfide) groups is 1. The molecule has 3 N–H and O–H groups in total. The Kier molecular flexibility index (Phi) is 7.20. The smallest absolute Gasteiger partial charge is 0.131 e. The van der Waals surface area contributed by atoms with Crippen molar-refractivity contribution in [1.82, 2.24) is 25.4 Å². The van der Waals surface area contributed by atoms with Crippen LogP contribution in [-0.2, 0) is 6.42 Å². The molecule has 0 amide bonds. The Labute approximate surface area is 176 Å². The van der Waals surface area contributed by atoms with Crippen LogP contribution in [0, 0.1) is 0 Å². The van der Waals surface area contributed by atoms with E-state index in [1.165, 1.54) is 42.5 Å². The summed E-state index contributed by atoms with van der Waals surface area (Å²) in [5.74, 6) is 0. The van der Waals surface area contributed by atoms with Crippen molar-refractivity contribution in [1.29, 1.82) is 0 Å². The van der Waals surface area contributed by atoms with Gasteiger partial charge in [0, 0.05) is 61.0 Å². The quantitative estimate of drug-likeness (QED) is 0.543. The highest BCUT2D eigenvalue weighted by atomic mass is 35.5. The molecule has 152 valence electrons. The van der Waals surface area contributed by atoms with Crippen LogP contribution in [0.2, 0.25) is 5.02 Å². The van der Waals surface area contributed by atoms with Gasteiger partial charge in [-0.15, -0.1) is 0 Å². The predicted octanol–water partition coefficient (Wildman–Crippen LogP) is 3.44. The number of nitrogens with one attached hydrogen (secondary N) is 3. The lowest BCUT2D eigenvalue weighted by atomic mass is 10.1. The maximum absolute atomic E-state index is 6.17. The lowest BCUT2D eigenvalue weighted by molar-refractivity contribution is 0.233. The van der Waals surface area contributed by atoms with Crippen molar-refractivity contribution in [3.05, 3.63) is 46.6 Å². The van der Waals surface area contributed by atoms with Gasteiger partial charge >= 0.3 is 0 Å². The zero-order chi connectivity index (χ0) is 19.2. The monoisotopic (exact) mass is 419 g/mol. The molecular weight excluding hydrogens is 390 g/mol. The SMILES string of the molecule is Clc1ccc2[nH]cc(CCCN3C=CSC3NCCCN3CCNCC3)c2c1. The average Bonchev–Trinajstić information content (AvgIpc) is 3.33. The van der Waals surface area contributed by atoms with Crippen LogP contribution in [0.4, 0.5) is 0 Å². The topological polar surface area (TPSA) is 46.3 Å². The van der Waals surface area contributed by atoms with E-state index in [-0.39, 0.29) is 0 Å². The number of fused-ring (bicyclic) bond motifs is 1. The Morgan fingerprint density at radius 3 is 2.96 bits per heavy atom. The van der Waals surface area contributed by atoms with Crippen LogP contribution < -0.4 is 10.6 Å². The number of benzene rings is 1. The van der Waals surface area contributed by atoms with Crippen molar-refractivity contribution < 1.29 is 0 Å². The normalized spacial score (nSPS) is 20.5. The summed E-state index contributed by atoms with van der Waals surface area (Å²) in [7, 11) is 0. The fraction of sp³-hybridized carbons (Fsp3) is 0.524. The second-order valence-corrected chi connectivity index (χ2v) is 8.95. The Balaban J connectivity index is 1.18. The summed E-state index contributed by atoms with van der Waals surface area (Å²) in [5.41, 5.74) is 2.90. The molecule has 28 heavy (non-hydrogen) atoms. The molecule has 0 spiro atoms. The van der Waals surface area contributed by atoms with Gasteiger partial charge in [0.2, 0.25) is 0 Å². The first-order valence-corrected chi connectivity index (χ1v) is 11.6. The van der Waals surface area contributed by atoms with E-state index < -0.39 is 0 Å². The lowest BCUT2D eigenvalue weighted by Gasteiger charge is -2.28. The molecule has 1 unspecified atom stereocenters. The molecule has 7 heteroatoms. The Hall–Kier alpha value is -1.18. The van der Waals surface area contributed by atoms with Gasteiger partial charge in [0.05, 0.1) is 0 Å². The molecule has 2 aromatic rings. The first-order chi connectivity index (χ1) is 13.8. The largest absolute Gasteiger partial charge is 0.361 e. The standard InChI is InChI=1S/C21H30ClN5S/c22-18-4-5-20-19(15-18)17(16-25-20)3-1-10-27-13-14-28-21(27)24-6-2-9-26-11-7-23-8-12-26/h4-5,13-16,21,23-25H,1-3,6-12H2. The number of aromatic amines is 1. The number of halogens is 1. The van der Waals surface area contributed by atoms with Gasteiger partial charge in [0.25, 0.3) is 0 Å². The van der Waals surface area contributed by atoms with Crippen molar-refractivity contribution in [2.75, 3.05) is 45.8 Å². The van der Waals surface area contributed by atoms with Gasteiger partial charge < -0.3 is 20.1 Å². The van der Waals surface area contributed by atoms with Gasteiger partial charge in [0.15, 0.2) is 0 Å². The van der Waals surface area contributed by atoms with E-state index in [1.54, 1.807) is 0 Å². The van der Waals surface area contributed by atoms with Gasteiger partial charge in [-0.25, -0.2) is 0 Å². The Morgan fingerprint density at radius 2 is 2.07 bits per heavy atom. The number of aryl methyl sites for hydroxylation is 1. The molecule has 1 aromatic carbocycles. The molecule has 5 nitrogen and oxygen atoms in total. The zero-order valence-electron chi connectivity index (χ0n) is 16.3. The fourth-order valence-corrected chi connectivity index (χ4v) is 5.07. The average molecular weight is 420 g/mol. The van der Waals surface area contributed by atoms with E-state index in [2.05, 4.69) is 55.4 Å². The van der Waals surface area contributed by atoms with E-state index in [0.717, 1.165) is 44.0 Å². The van der Waals surface area contributed by atoms with E-state index in [1.807, 2.05) is 17.8 Å². The number of rotatable bonds is 9. The van der Waals surface area contributed by atoms with Crippen LogP contribution in [0.25, 0.3) is 10.9 Å². The van der Waals surface area contributed by atoms with Crippen molar-refractivity contribution in [3.63, 3.8) is 0 Å². The molecule has 2 aliphatic rings. The van der Waals surface area contributed by atoms with Gasteiger partial charge in [-0.1, -0.05) is 23.4 Å². The number of piperazine rings is 1. The minimum atomic E-state index is 0.375. The summed E-state index contributed by atoms with van der Waals surface area (Å²) in [5, 5.41) is 11.4. The lowest BCUT2D eigenvalue weighted by Crippen LogP contribution is -2.45. The van der Waals surface area contributed by atoms with Gasteiger partial charge in [0.1, 0.15) is 5.50 Å². The summed E-state index contributed by atoms with van der Waals surface area (Å²) in [6.07, 6.45) is 7.75. The first kappa shape index (κ1) is 20.1. The maximum atomic E-state index is 6.17. The summed E-state index contributed by atoms with van der Waals surface area (Å²) >= 11 is 8.04. The number of nitrogens with zero attached hydrogens (tertiary/aromatic N) is 2. The number of hydrogen-bond donors (Lipinski definition) is 3. The van der Waals surface area contributed by atoms with E-state index in [4.69, 9.17) is 11.6 Å². The van der Waals surface area contributed by atoms with E-state index in [0.29, 0.717) is 5.50 Å². The zero-order valence-corrected chi connectivity index (χ0v) is 17.9. The highest BCUT2D eigenvalue weighted by Crippen LogP contribution is 2.25. The summed E-state index contributed by atoms with van der Waals surface area (Å²) < 4.78 is 0. The molecule has 1 saturated heterocycles. The molecule has 0 saturated carbocycles. The number of H-pyrrole nitrogens is 1. The first-order valence-electron chi connectivity index (χ1n) is 10.3. The second-order valence-electron chi connectivity index (χ2n) is 7.52. The second kappa shape index (κ2) is 10.0. The Bertz CT molecular complexity index is 786. The summed E-state index contributed by atoms with van der Waals surface area (Å²) in [6.45, 7) is 7.96. The highest BCUT2D eigenvalue weighted by Gasteiger charge is 2.19. The van der Waals surface area contributed by atoms with Crippen LogP contribution in [0.3, 0.4) is 0 Å². The van der Waals surface area contributed by atoms with Crippen molar-refractivity contribution in [2.45, 2.75) is 24.8 Å². The van der Waals surface area contributed by atoms with Crippen LogP contribution in [0.5, 0.6) is 0 Å². The third-order valence-electron chi connectivity index (χ3n) is 5.53. The van der Waals surface area contributed by atoms with Gasteiger partial charge in [-0.2, -0.15) is 0 Å². The van der Waals surface area contributed by atoms with Crippen molar-refractivity contribution in [2.24, 2.45) is 0 Å². The summed E-state index contributed by atoms with van der Waals surface area (Å²) in [4.78, 5) is 8.34. The molecule has 1 fully saturated rings. The van der Waals surface area contributed by atoms with Gasteiger partial charge in [-0.05, 0) is 61.5 Å². The molecule has 1 aromatic heterocycles. The molecule has 0 aliphatic carbocycles. The van der Waals surface area contributed by atoms with Crippen LogP contribution >= 0.6 is 23.4 Å². The third kappa shape index (κ3) is 5.24. The van der Waals surface area contributed by atoms with Crippen LogP contribution in [0.15, 0.2) is 36.0 Å². The fourth-order valence-electron chi connectivity index (χ4n) is 3.97. The van der Waals surface area contributed by atoms with Crippen molar-refractivity contribution >= 4 is 34.3 Å². The molecule has 0 radical (unpaired) electrons. The Morgan fingerprint density at radius 1 is 1.18 bits per heavy atom. The number of hydrogen-bond acceptors (Lipinski definition) is 5.